The molecule has 0 aliphatic rings. The maximum atomic E-state index is 5.80. The third kappa shape index (κ3) is 3.23. The van der Waals surface area contributed by atoms with Crippen molar-refractivity contribution in [2.75, 3.05) is 12.3 Å². The zero-order valence-electron chi connectivity index (χ0n) is 10.6. The van der Waals surface area contributed by atoms with Gasteiger partial charge in [0.25, 0.3) is 0 Å². The van der Waals surface area contributed by atoms with Gasteiger partial charge in [0, 0.05) is 18.3 Å². The second-order valence-electron chi connectivity index (χ2n) is 4.15. The van der Waals surface area contributed by atoms with Gasteiger partial charge in [-0.3, -0.25) is 4.98 Å². The van der Waals surface area contributed by atoms with E-state index in [0.717, 1.165) is 24.3 Å². The first-order valence-corrected chi connectivity index (χ1v) is 6.20. The Morgan fingerprint density at radius 1 is 1.17 bits per heavy atom. The molecule has 0 spiro atoms. The normalized spacial score (nSPS) is 10.3. The van der Waals surface area contributed by atoms with Crippen LogP contribution in [-0.2, 0) is 12.8 Å². The monoisotopic (exact) mass is 242 g/mol. The van der Waals surface area contributed by atoms with Crippen LogP contribution in [0.5, 0.6) is 5.75 Å². The molecule has 0 amide bonds. The van der Waals surface area contributed by atoms with Gasteiger partial charge in [0.1, 0.15) is 5.75 Å². The molecule has 0 radical (unpaired) electrons. The molecule has 3 heteroatoms. The molecule has 1 aromatic heterocycles. The van der Waals surface area contributed by atoms with Crippen molar-refractivity contribution in [1.29, 1.82) is 0 Å². The molecule has 18 heavy (non-hydrogen) atoms. The van der Waals surface area contributed by atoms with E-state index in [9.17, 15) is 0 Å². The Bertz CT molecular complexity index is 494. The first kappa shape index (κ1) is 12.4. The Balaban J connectivity index is 1.86. The smallest absolute Gasteiger partial charge is 0.142 e. The van der Waals surface area contributed by atoms with Crippen molar-refractivity contribution in [3.05, 3.63) is 53.9 Å². The van der Waals surface area contributed by atoms with E-state index >= 15 is 0 Å². The average Bonchev–Trinajstić information content (AvgIpc) is 2.42. The largest absolute Gasteiger partial charge is 0.491 e. The molecule has 1 aromatic carbocycles. The van der Waals surface area contributed by atoms with Gasteiger partial charge in [0.05, 0.1) is 12.3 Å². The molecule has 0 unspecified atom stereocenters. The zero-order chi connectivity index (χ0) is 12.8. The van der Waals surface area contributed by atoms with Gasteiger partial charge in [-0.1, -0.05) is 25.1 Å². The Morgan fingerprint density at radius 3 is 2.67 bits per heavy atom. The average molecular weight is 242 g/mol. The molecule has 0 aliphatic heterocycles. The summed E-state index contributed by atoms with van der Waals surface area (Å²) in [6.07, 6.45) is 3.73. The predicted octanol–water partition coefficient (Wildman–Crippen LogP) is 2.85. The van der Waals surface area contributed by atoms with Crippen LogP contribution in [-0.4, -0.2) is 11.6 Å². The van der Waals surface area contributed by atoms with Crippen LogP contribution >= 0.6 is 0 Å². The number of nitrogen functional groups attached to an aromatic ring is 1. The Kier molecular flexibility index (Phi) is 4.18. The number of aryl methyl sites for hydroxylation is 1. The number of hydrogen-bond acceptors (Lipinski definition) is 3. The molecule has 1 heterocycles. The standard InChI is InChI=1S/C15H18N2O/c1-2-12-7-8-13(17-11-12)9-10-18-15-6-4-3-5-14(15)16/h3-8,11H,2,9-10,16H2,1H3. The maximum absolute atomic E-state index is 5.80. The number of aromatic nitrogens is 1. The summed E-state index contributed by atoms with van der Waals surface area (Å²) >= 11 is 0. The van der Waals surface area contributed by atoms with Crippen molar-refractivity contribution in [1.82, 2.24) is 4.98 Å². The summed E-state index contributed by atoms with van der Waals surface area (Å²) in [6.45, 7) is 2.71. The highest BCUT2D eigenvalue weighted by atomic mass is 16.5. The predicted molar refractivity (Wildman–Crippen MR) is 73.7 cm³/mol. The third-order valence-corrected chi connectivity index (χ3v) is 2.83. The number of nitrogens with two attached hydrogens (primary N) is 1. The molecule has 2 rings (SSSR count). The fraction of sp³-hybridized carbons (Fsp3) is 0.267. The van der Waals surface area contributed by atoms with Crippen LogP contribution in [0.25, 0.3) is 0 Å². The number of rotatable bonds is 5. The number of anilines is 1. The quantitative estimate of drug-likeness (QED) is 0.820. The van der Waals surface area contributed by atoms with Gasteiger partial charge >= 0.3 is 0 Å². The minimum Gasteiger partial charge on any atom is -0.491 e. The molecule has 0 saturated heterocycles. The molecule has 2 N–H and O–H groups in total. The fourth-order valence-corrected chi connectivity index (χ4v) is 1.69. The van der Waals surface area contributed by atoms with E-state index in [1.165, 1.54) is 5.56 Å². The summed E-state index contributed by atoms with van der Waals surface area (Å²) in [5, 5.41) is 0. The third-order valence-electron chi connectivity index (χ3n) is 2.83. The first-order valence-electron chi connectivity index (χ1n) is 6.20. The maximum Gasteiger partial charge on any atom is 0.142 e. The molecule has 0 aliphatic carbocycles. The van der Waals surface area contributed by atoms with Gasteiger partial charge in [0.15, 0.2) is 0 Å². The van der Waals surface area contributed by atoms with Gasteiger partial charge < -0.3 is 10.5 Å². The van der Waals surface area contributed by atoms with Gasteiger partial charge in [-0.05, 0) is 30.2 Å². The molecule has 2 aromatic rings. The second-order valence-corrected chi connectivity index (χ2v) is 4.15. The molecule has 3 nitrogen and oxygen atoms in total. The summed E-state index contributed by atoms with van der Waals surface area (Å²) < 4.78 is 5.63. The molecule has 94 valence electrons. The molecule has 0 fully saturated rings. The number of pyridine rings is 1. The van der Waals surface area contributed by atoms with Gasteiger partial charge in [-0.2, -0.15) is 0 Å². The summed E-state index contributed by atoms with van der Waals surface area (Å²) in [5.41, 5.74) is 8.77. The molecular weight excluding hydrogens is 224 g/mol. The number of para-hydroxylation sites is 2. The van der Waals surface area contributed by atoms with Crippen LogP contribution in [0.3, 0.4) is 0 Å². The van der Waals surface area contributed by atoms with E-state index in [0.29, 0.717) is 12.3 Å². The van der Waals surface area contributed by atoms with Crippen molar-refractivity contribution in [2.45, 2.75) is 19.8 Å². The lowest BCUT2D eigenvalue weighted by Crippen LogP contribution is -2.04. The van der Waals surface area contributed by atoms with Crippen LogP contribution in [0.4, 0.5) is 5.69 Å². The summed E-state index contributed by atoms with van der Waals surface area (Å²) in [7, 11) is 0. The van der Waals surface area contributed by atoms with E-state index in [1.54, 1.807) is 0 Å². The van der Waals surface area contributed by atoms with Crippen LogP contribution in [0.2, 0.25) is 0 Å². The molecule has 0 atom stereocenters. The van der Waals surface area contributed by atoms with Crippen molar-refractivity contribution in [3.8, 4) is 5.75 Å². The SMILES string of the molecule is CCc1ccc(CCOc2ccccc2N)nc1. The molecular formula is C15H18N2O. The van der Waals surface area contributed by atoms with Gasteiger partial charge in [-0.25, -0.2) is 0 Å². The van der Waals surface area contributed by atoms with E-state index in [4.69, 9.17) is 10.5 Å². The zero-order valence-corrected chi connectivity index (χ0v) is 10.6. The lowest BCUT2D eigenvalue weighted by molar-refractivity contribution is 0.322. The molecule has 0 bridgehead atoms. The highest BCUT2D eigenvalue weighted by Crippen LogP contribution is 2.19. The van der Waals surface area contributed by atoms with Crippen LogP contribution in [0.15, 0.2) is 42.6 Å². The minimum absolute atomic E-state index is 0.590. The van der Waals surface area contributed by atoms with Gasteiger partial charge in [-0.15, -0.1) is 0 Å². The minimum atomic E-state index is 0.590. The van der Waals surface area contributed by atoms with Crippen LogP contribution in [0.1, 0.15) is 18.2 Å². The summed E-state index contributed by atoms with van der Waals surface area (Å²) in [6, 6.07) is 11.7. The summed E-state index contributed by atoms with van der Waals surface area (Å²) in [4.78, 5) is 4.39. The van der Waals surface area contributed by atoms with Crippen molar-refractivity contribution in [3.63, 3.8) is 0 Å². The number of benzene rings is 1. The Labute approximate surface area is 108 Å². The summed E-state index contributed by atoms with van der Waals surface area (Å²) in [5.74, 6) is 0.739. The Hall–Kier alpha value is -2.03. The lowest BCUT2D eigenvalue weighted by atomic mass is 10.2. The highest BCUT2D eigenvalue weighted by Gasteiger charge is 2.00. The van der Waals surface area contributed by atoms with Crippen LogP contribution in [0, 0.1) is 0 Å². The topological polar surface area (TPSA) is 48.1 Å². The van der Waals surface area contributed by atoms with E-state index in [-0.39, 0.29) is 0 Å². The van der Waals surface area contributed by atoms with Gasteiger partial charge in [0.2, 0.25) is 0 Å². The number of ether oxygens (including phenoxy) is 1. The van der Waals surface area contributed by atoms with E-state index < -0.39 is 0 Å². The van der Waals surface area contributed by atoms with E-state index in [1.807, 2.05) is 30.5 Å². The lowest BCUT2D eigenvalue weighted by Gasteiger charge is -2.08. The van der Waals surface area contributed by atoms with Crippen molar-refractivity contribution in [2.24, 2.45) is 0 Å². The number of hydrogen-bond donors (Lipinski definition) is 1. The molecule has 0 saturated carbocycles. The van der Waals surface area contributed by atoms with Crippen LogP contribution < -0.4 is 10.5 Å². The fourth-order valence-electron chi connectivity index (χ4n) is 1.69. The van der Waals surface area contributed by atoms with E-state index in [2.05, 4.69) is 24.0 Å². The second kappa shape index (κ2) is 6.05. The Morgan fingerprint density at radius 2 is 2.00 bits per heavy atom. The first-order chi connectivity index (χ1) is 8.79. The number of nitrogens with zero attached hydrogens (tertiary/aromatic N) is 1. The highest BCUT2D eigenvalue weighted by molar-refractivity contribution is 5.51. The van der Waals surface area contributed by atoms with Crippen molar-refractivity contribution < 1.29 is 4.74 Å². The van der Waals surface area contributed by atoms with Crippen molar-refractivity contribution >= 4 is 5.69 Å².